The summed E-state index contributed by atoms with van der Waals surface area (Å²) in [5.74, 6) is 0.984. The van der Waals surface area contributed by atoms with Gasteiger partial charge in [-0.1, -0.05) is 13.8 Å². The van der Waals surface area contributed by atoms with Crippen LogP contribution in [0.25, 0.3) is 0 Å². The van der Waals surface area contributed by atoms with Gasteiger partial charge >= 0.3 is 0 Å². The second-order valence-electron chi connectivity index (χ2n) is 6.62. The molecule has 1 saturated heterocycles. The first kappa shape index (κ1) is 15.3. The molecule has 5 heteroatoms. The van der Waals surface area contributed by atoms with Gasteiger partial charge in [0.15, 0.2) is 0 Å². The molecule has 0 radical (unpaired) electrons. The van der Waals surface area contributed by atoms with Gasteiger partial charge in [0.05, 0.1) is 6.54 Å². The van der Waals surface area contributed by atoms with E-state index in [4.69, 9.17) is 5.73 Å². The summed E-state index contributed by atoms with van der Waals surface area (Å²) in [6.07, 6.45) is 2.61. The Morgan fingerprint density at radius 3 is 2.60 bits per heavy atom. The van der Waals surface area contributed by atoms with Crippen molar-refractivity contribution in [3.63, 3.8) is 0 Å². The lowest BCUT2D eigenvalue weighted by Gasteiger charge is -2.38. The molecule has 0 aromatic carbocycles. The average molecular weight is 281 g/mol. The Balaban J connectivity index is 2.04. The van der Waals surface area contributed by atoms with Crippen LogP contribution < -0.4 is 5.73 Å². The quantitative estimate of drug-likeness (QED) is 0.769. The Kier molecular flexibility index (Phi) is 4.68. The van der Waals surface area contributed by atoms with Crippen molar-refractivity contribution in [2.75, 3.05) is 26.7 Å². The highest BCUT2D eigenvalue weighted by Gasteiger charge is 2.37. The largest absolute Gasteiger partial charge is 0.344 e. The summed E-state index contributed by atoms with van der Waals surface area (Å²) < 4.78 is 0. The fourth-order valence-electron chi connectivity index (χ4n) is 3.44. The van der Waals surface area contributed by atoms with Gasteiger partial charge in [0, 0.05) is 32.1 Å². The van der Waals surface area contributed by atoms with E-state index in [1.807, 2.05) is 0 Å². The zero-order chi connectivity index (χ0) is 14.9. The SMILES string of the molecule is CC1CC(C)C(C(=O)N2CCCN(C)C(=O)C2)CC1N. The minimum Gasteiger partial charge on any atom is -0.344 e. The maximum absolute atomic E-state index is 12.7. The predicted molar refractivity (Wildman–Crippen MR) is 77.9 cm³/mol. The van der Waals surface area contributed by atoms with Crippen molar-refractivity contribution in [3.8, 4) is 0 Å². The van der Waals surface area contributed by atoms with Crippen LogP contribution in [0.1, 0.15) is 33.1 Å². The molecule has 5 nitrogen and oxygen atoms in total. The van der Waals surface area contributed by atoms with Gasteiger partial charge in [-0.05, 0) is 31.1 Å². The van der Waals surface area contributed by atoms with E-state index >= 15 is 0 Å². The van der Waals surface area contributed by atoms with Gasteiger partial charge in [-0.15, -0.1) is 0 Å². The van der Waals surface area contributed by atoms with Crippen molar-refractivity contribution in [3.05, 3.63) is 0 Å². The number of hydrogen-bond donors (Lipinski definition) is 1. The van der Waals surface area contributed by atoms with Gasteiger partial charge in [-0.3, -0.25) is 9.59 Å². The molecule has 2 N–H and O–H groups in total. The lowest BCUT2D eigenvalue weighted by molar-refractivity contribution is -0.143. The third-order valence-electron chi connectivity index (χ3n) is 4.99. The Labute approximate surface area is 121 Å². The smallest absolute Gasteiger partial charge is 0.241 e. The van der Waals surface area contributed by atoms with Gasteiger partial charge in [0.25, 0.3) is 0 Å². The molecule has 0 bridgehead atoms. The third kappa shape index (κ3) is 3.14. The Hall–Kier alpha value is -1.10. The Bertz CT molecular complexity index is 385. The summed E-state index contributed by atoms with van der Waals surface area (Å²) in [6, 6.07) is 0.102. The molecule has 4 unspecified atom stereocenters. The molecule has 1 saturated carbocycles. The van der Waals surface area contributed by atoms with Gasteiger partial charge in [0.1, 0.15) is 0 Å². The fraction of sp³-hybridized carbons (Fsp3) is 0.867. The molecule has 2 amide bonds. The van der Waals surface area contributed by atoms with E-state index in [0.717, 1.165) is 25.8 Å². The first-order valence-corrected chi connectivity index (χ1v) is 7.68. The number of rotatable bonds is 1. The number of carbonyl (C=O) groups excluding carboxylic acids is 2. The van der Waals surface area contributed by atoms with Crippen molar-refractivity contribution in [1.29, 1.82) is 0 Å². The van der Waals surface area contributed by atoms with E-state index in [1.54, 1.807) is 16.8 Å². The standard InChI is InChI=1S/C15H27N3O2/c1-10-7-11(2)13(16)8-12(10)15(20)18-6-4-5-17(3)14(19)9-18/h10-13H,4-9,16H2,1-3H3. The molecule has 4 atom stereocenters. The van der Waals surface area contributed by atoms with Crippen LogP contribution in [0.4, 0.5) is 0 Å². The second-order valence-corrected chi connectivity index (χ2v) is 6.62. The van der Waals surface area contributed by atoms with E-state index in [0.29, 0.717) is 18.4 Å². The maximum Gasteiger partial charge on any atom is 0.241 e. The van der Waals surface area contributed by atoms with Crippen LogP contribution in [0.2, 0.25) is 0 Å². The Morgan fingerprint density at radius 1 is 1.20 bits per heavy atom. The van der Waals surface area contributed by atoms with E-state index in [9.17, 15) is 9.59 Å². The number of carbonyl (C=O) groups is 2. The monoisotopic (exact) mass is 281 g/mol. The topological polar surface area (TPSA) is 66.6 Å². The van der Waals surface area contributed by atoms with E-state index in [2.05, 4.69) is 13.8 Å². The number of likely N-dealkylation sites (N-methyl/N-ethyl adjacent to an activating group) is 1. The van der Waals surface area contributed by atoms with Crippen LogP contribution >= 0.6 is 0 Å². The lowest BCUT2D eigenvalue weighted by atomic mass is 9.72. The molecule has 0 aromatic heterocycles. The normalized spacial score (nSPS) is 35.9. The number of nitrogens with two attached hydrogens (primary N) is 1. The van der Waals surface area contributed by atoms with Crippen LogP contribution in [0.3, 0.4) is 0 Å². The van der Waals surface area contributed by atoms with Crippen LogP contribution in [-0.2, 0) is 9.59 Å². The molecule has 2 fully saturated rings. The van der Waals surface area contributed by atoms with Crippen molar-refractivity contribution in [2.45, 2.75) is 39.2 Å². The molecule has 0 spiro atoms. The molecule has 0 aromatic rings. The van der Waals surface area contributed by atoms with Gasteiger partial charge in [-0.25, -0.2) is 0 Å². The van der Waals surface area contributed by atoms with Crippen molar-refractivity contribution in [1.82, 2.24) is 9.80 Å². The minimum atomic E-state index is -0.0163. The first-order valence-electron chi connectivity index (χ1n) is 7.68. The fourth-order valence-corrected chi connectivity index (χ4v) is 3.44. The summed E-state index contributed by atoms with van der Waals surface area (Å²) in [7, 11) is 1.80. The summed E-state index contributed by atoms with van der Waals surface area (Å²) >= 11 is 0. The van der Waals surface area contributed by atoms with Gasteiger partial charge in [-0.2, -0.15) is 0 Å². The molecular formula is C15H27N3O2. The lowest BCUT2D eigenvalue weighted by Crippen LogP contribution is -2.48. The molecule has 1 aliphatic carbocycles. The highest BCUT2D eigenvalue weighted by atomic mass is 16.2. The second kappa shape index (κ2) is 6.12. The molecule has 1 aliphatic heterocycles. The summed E-state index contributed by atoms with van der Waals surface area (Å²) in [6.45, 7) is 5.94. The zero-order valence-corrected chi connectivity index (χ0v) is 12.8. The predicted octanol–water partition coefficient (Wildman–Crippen LogP) is 0.687. The number of hydrogen-bond acceptors (Lipinski definition) is 3. The number of amides is 2. The van der Waals surface area contributed by atoms with E-state index < -0.39 is 0 Å². The minimum absolute atomic E-state index is 0.0163. The highest BCUT2D eigenvalue weighted by molar-refractivity contribution is 5.86. The Morgan fingerprint density at radius 2 is 1.90 bits per heavy atom. The molecule has 2 rings (SSSR count). The van der Waals surface area contributed by atoms with Gasteiger partial charge < -0.3 is 15.5 Å². The van der Waals surface area contributed by atoms with Crippen molar-refractivity contribution >= 4 is 11.8 Å². The summed E-state index contributed by atoms with van der Waals surface area (Å²) in [5, 5.41) is 0. The summed E-state index contributed by atoms with van der Waals surface area (Å²) in [4.78, 5) is 28.1. The maximum atomic E-state index is 12.7. The summed E-state index contributed by atoms with van der Waals surface area (Å²) in [5.41, 5.74) is 6.13. The molecule has 1 heterocycles. The first-order chi connectivity index (χ1) is 9.40. The van der Waals surface area contributed by atoms with Crippen molar-refractivity contribution < 1.29 is 9.59 Å². The molecule has 20 heavy (non-hydrogen) atoms. The molecule has 114 valence electrons. The van der Waals surface area contributed by atoms with Crippen LogP contribution in [0.15, 0.2) is 0 Å². The van der Waals surface area contributed by atoms with Crippen LogP contribution in [-0.4, -0.2) is 54.3 Å². The zero-order valence-electron chi connectivity index (χ0n) is 12.8. The van der Waals surface area contributed by atoms with Crippen LogP contribution in [0.5, 0.6) is 0 Å². The van der Waals surface area contributed by atoms with E-state index in [-0.39, 0.29) is 30.3 Å². The highest BCUT2D eigenvalue weighted by Crippen LogP contribution is 2.34. The third-order valence-corrected chi connectivity index (χ3v) is 4.99. The molecule has 2 aliphatic rings. The van der Waals surface area contributed by atoms with Gasteiger partial charge in [0.2, 0.25) is 11.8 Å². The van der Waals surface area contributed by atoms with E-state index in [1.165, 1.54) is 0 Å². The average Bonchev–Trinajstić information content (AvgIpc) is 2.56. The molecular weight excluding hydrogens is 254 g/mol. The number of nitrogens with zero attached hydrogens (tertiary/aromatic N) is 2. The van der Waals surface area contributed by atoms with Crippen LogP contribution in [0, 0.1) is 17.8 Å². The van der Waals surface area contributed by atoms with Crippen molar-refractivity contribution in [2.24, 2.45) is 23.5 Å².